The second-order valence-corrected chi connectivity index (χ2v) is 14.0. The Hall–Kier alpha value is -3.02. The van der Waals surface area contributed by atoms with E-state index in [1.165, 1.54) is 27.6 Å². The van der Waals surface area contributed by atoms with Crippen molar-refractivity contribution in [2.24, 2.45) is 11.8 Å². The van der Waals surface area contributed by atoms with Gasteiger partial charge in [-0.15, -0.1) is 11.3 Å². The van der Waals surface area contributed by atoms with E-state index in [9.17, 15) is 24.6 Å². The molecule has 250 valence electrons. The Kier molecular flexibility index (Phi) is 14.3. The van der Waals surface area contributed by atoms with Crippen molar-refractivity contribution < 1.29 is 24.6 Å². The summed E-state index contributed by atoms with van der Waals surface area (Å²) in [6.07, 6.45) is 4.00. The van der Waals surface area contributed by atoms with Crippen LogP contribution in [0.5, 0.6) is 0 Å². The number of aliphatic hydroxyl groups is 2. The van der Waals surface area contributed by atoms with Gasteiger partial charge in [-0.25, -0.2) is 4.98 Å². The van der Waals surface area contributed by atoms with Crippen LogP contribution in [0.3, 0.4) is 0 Å². The van der Waals surface area contributed by atoms with E-state index in [0.717, 1.165) is 31.2 Å². The van der Waals surface area contributed by atoms with Crippen LogP contribution in [-0.2, 0) is 20.9 Å². The van der Waals surface area contributed by atoms with Gasteiger partial charge < -0.3 is 30.6 Å². The summed E-state index contributed by atoms with van der Waals surface area (Å²) in [6.45, 7) is 5.86. The van der Waals surface area contributed by atoms with Gasteiger partial charge in [-0.3, -0.25) is 14.4 Å². The summed E-state index contributed by atoms with van der Waals surface area (Å²) in [7, 11) is 3.30. The molecule has 2 aromatic rings. The number of nitrogens with two attached hydrogens (primary N) is 1. The number of aliphatic hydroxyl groups excluding tert-OH is 2. The first-order valence-corrected chi connectivity index (χ1v) is 17.1. The molecule has 0 saturated heterocycles. The lowest BCUT2D eigenvalue weighted by molar-refractivity contribution is -0.145. The smallest absolute Gasteiger partial charge is 0.241 e. The molecule has 45 heavy (non-hydrogen) atoms. The first-order valence-electron chi connectivity index (χ1n) is 16.3. The molecule has 4 N–H and O–H groups in total. The molecule has 4 atom stereocenters. The molecule has 0 radical (unpaired) electrons. The standard InChI is InChI=1S/C34H53N5O5S/c1-23(2)18-29(40)33(44)28(19-25-12-8-6-9-13-25)39(20-27-22-45-34(35)36-27)31(42)17-16-30(41)38(21-32(43)37(4)5)24(3)26-14-10-7-11-15-26/h7,10-11,14-15,22-25,28-29,33,40,44H,6,8-9,12-13,16-21H2,1-5H3,(H2,35,36)/t24-,28-,29-,33+/m0/s1. The second kappa shape index (κ2) is 17.6. The highest BCUT2D eigenvalue weighted by Crippen LogP contribution is 2.32. The number of hydrogen-bond acceptors (Lipinski definition) is 8. The molecule has 0 bridgehead atoms. The van der Waals surface area contributed by atoms with Crippen molar-refractivity contribution in [3.05, 3.63) is 47.0 Å². The first kappa shape index (κ1) is 36.4. The maximum Gasteiger partial charge on any atom is 0.241 e. The normalized spacial score (nSPS) is 16.5. The van der Waals surface area contributed by atoms with Crippen molar-refractivity contribution in [3.8, 4) is 0 Å². The monoisotopic (exact) mass is 643 g/mol. The lowest BCUT2D eigenvalue weighted by Gasteiger charge is -2.39. The van der Waals surface area contributed by atoms with E-state index in [-0.39, 0.29) is 55.6 Å². The van der Waals surface area contributed by atoms with Crippen LogP contribution in [-0.4, -0.2) is 86.5 Å². The van der Waals surface area contributed by atoms with E-state index in [1.54, 1.807) is 24.4 Å². The fraction of sp³-hybridized carbons (Fsp3) is 0.647. The van der Waals surface area contributed by atoms with Gasteiger partial charge in [0.2, 0.25) is 17.7 Å². The summed E-state index contributed by atoms with van der Waals surface area (Å²) >= 11 is 1.28. The zero-order valence-electron chi connectivity index (χ0n) is 27.6. The molecule has 10 nitrogen and oxygen atoms in total. The molecule has 1 aromatic heterocycles. The van der Waals surface area contributed by atoms with Crippen LogP contribution in [0, 0.1) is 11.8 Å². The largest absolute Gasteiger partial charge is 0.390 e. The Morgan fingerprint density at radius 3 is 2.13 bits per heavy atom. The van der Waals surface area contributed by atoms with Crippen LogP contribution in [0.1, 0.15) is 95.9 Å². The molecule has 0 unspecified atom stereocenters. The summed E-state index contributed by atoms with van der Waals surface area (Å²) in [6, 6.07) is 8.48. The van der Waals surface area contributed by atoms with Crippen molar-refractivity contribution in [2.75, 3.05) is 26.4 Å². The number of nitrogen functional groups attached to an aromatic ring is 1. The van der Waals surface area contributed by atoms with Gasteiger partial charge in [0.05, 0.1) is 30.4 Å². The van der Waals surface area contributed by atoms with Crippen LogP contribution >= 0.6 is 11.3 Å². The van der Waals surface area contributed by atoms with Gasteiger partial charge in [-0.1, -0.05) is 76.3 Å². The highest BCUT2D eigenvalue weighted by atomic mass is 32.1. The summed E-state index contributed by atoms with van der Waals surface area (Å²) in [5.41, 5.74) is 7.42. The molecular weight excluding hydrogens is 590 g/mol. The van der Waals surface area contributed by atoms with Crippen LogP contribution in [0.15, 0.2) is 35.7 Å². The molecule has 1 saturated carbocycles. The number of benzene rings is 1. The average Bonchev–Trinajstić information content (AvgIpc) is 3.44. The quantitative estimate of drug-likeness (QED) is 0.243. The number of aromatic nitrogens is 1. The van der Waals surface area contributed by atoms with Crippen LogP contribution in [0.4, 0.5) is 5.13 Å². The predicted octanol–water partition coefficient (Wildman–Crippen LogP) is 4.62. The zero-order chi connectivity index (χ0) is 33.1. The van der Waals surface area contributed by atoms with Gasteiger partial charge in [0, 0.05) is 32.3 Å². The van der Waals surface area contributed by atoms with E-state index in [2.05, 4.69) is 4.98 Å². The lowest BCUT2D eigenvalue weighted by Crippen LogP contribution is -2.52. The number of amides is 3. The predicted molar refractivity (Wildman–Crippen MR) is 178 cm³/mol. The van der Waals surface area contributed by atoms with Gasteiger partial charge in [0.25, 0.3) is 0 Å². The Morgan fingerprint density at radius 1 is 0.956 bits per heavy atom. The van der Waals surface area contributed by atoms with Gasteiger partial charge in [-0.05, 0) is 37.2 Å². The maximum absolute atomic E-state index is 14.1. The van der Waals surface area contributed by atoms with E-state index >= 15 is 0 Å². The number of hydrogen-bond donors (Lipinski definition) is 3. The third kappa shape index (κ3) is 11.1. The van der Waals surface area contributed by atoms with Crippen molar-refractivity contribution >= 4 is 34.2 Å². The number of nitrogens with zero attached hydrogens (tertiary/aromatic N) is 4. The highest BCUT2D eigenvalue weighted by molar-refractivity contribution is 7.13. The van der Waals surface area contributed by atoms with Crippen molar-refractivity contribution in [1.82, 2.24) is 19.7 Å². The molecule has 1 aliphatic carbocycles. The van der Waals surface area contributed by atoms with Crippen molar-refractivity contribution in [1.29, 1.82) is 0 Å². The number of carbonyl (C=O) groups excluding carboxylic acids is 3. The van der Waals surface area contributed by atoms with E-state index in [4.69, 9.17) is 5.73 Å². The third-order valence-electron chi connectivity index (χ3n) is 8.85. The second-order valence-electron chi connectivity index (χ2n) is 13.1. The fourth-order valence-corrected chi connectivity index (χ4v) is 6.75. The molecule has 0 aliphatic heterocycles. The fourth-order valence-electron chi connectivity index (χ4n) is 6.20. The highest BCUT2D eigenvalue weighted by Gasteiger charge is 2.37. The number of carbonyl (C=O) groups is 3. The van der Waals surface area contributed by atoms with Crippen LogP contribution in [0.25, 0.3) is 0 Å². The molecule has 1 fully saturated rings. The number of anilines is 1. The SMILES string of the molecule is CC(C)C[C@H](O)[C@H](O)[C@H](CC1CCCCC1)N(Cc1csc(N)n1)C(=O)CCC(=O)N(CC(=O)N(C)C)[C@@H](C)c1ccccc1. The van der Waals surface area contributed by atoms with Crippen LogP contribution < -0.4 is 5.73 Å². The molecule has 1 heterocycles. The van der Waals surface area contributed by atoms with E-state index in [1.807, 2.05) is 51.1 Å². The average molecular weight is 644 g/mol. The molecule has 1 aliphatic rings. The molecule has 1 aromatic carbocycles. The Labute approximate surface area is 272 Å². The lowest BCUT2D eigenvalue weighted by atomic mass is 9.81. The number of thiazole rings is 1. The minimum absolute atomic E-state index is 0.104. The zero-order valence-corrected chi connectivity index (χ0v) is 28.4. The Balaban J connectivity index is 1.88. The summed E-state index contributed by atoms with van der Waals surface area (Å²) in [4.78, 5) is 49.5. The van der Waals surface area contributed by atoms with Gasteiger partial charge in [0.1, 0.15) is 12.6 Å². The summed E-state index contributed by atoms with van der Waals surface area (Å²) < 4.78 is 0. The molecular formula is C34H53N5O5S. The summed E-state index contributed by atoms with van der Waals surface area (Å²) in [5, 5.41) is 24.8. The Bertz CT molecular complexity index is 1220. The minimum Gasteiger partial charge on any atom is -0.390 e. The Morgan fingerprint density at radius 2 is 1.58 bits per heavy atom. The molecule has 0 spiro atoms. The molecule has 3 rings (SSSR count). The van der Waals surface area contributed by atoms with E-state index in [0.29, 0.717) is 29.6 Å². The first-order chi connectivity index (χ1) is 21.4. The van der Waals surface area contributed by atoms with Crippen LogP contribution in [0.2, 0.25) is 0 Å². The maximum atomic E-state index is 14.1. The van der Waals surface area contributed by atoms with Crippen molar-refractivity contribution in [3.63, 3.8) is 0 Å². The van der Waals surface area contributed by atoms with Gasteiger partial charge >= 0.3 is 0 Å². The third-order valence-corrected chi connectivity index (χ3v) is 9.57. The van der Waals surface area contributed by atoms with Gasteiger partial charge in [0.15, 0.2) is 5.13 Å². The molecule has 11 heteroatoms. The topological polar surface area (TPSA) is 140 Å². The summed E-state index contributed by atoms with van der Waals surface area (Å²) in [5.74, 6) is -0.348. The van der Waals surface area contributed by atoms with Crippen molar-refractivity contribution in [2.45, 2.75) is 109 Å². The number of rotatable bonds is 16. The van der Waals surface area contributed by atoms with Gasteiger partial charge in [-0.2, -0.15) is 0 Å². The minimum atomic E-state index is -1.16. The number of likely N-dealkylation sites (N-methyl/N-ethyl adjacent to an activating group) is 1. The molecule has 3 amide bonds. The van der Waals surface area contributed by atoms with E-state index < -0.39 is 18.2 Å².